The summed E-state index contributed by atoms with van der Waals surface area (Å²) >= 11 is 0. The van der Waals surface area contributed by atoms with Gasteiger partial charge < -0.3 is 9.32 Å². The highest BCUT2D eigenvalue weighted by Crippen LogP contribution is 2.25. The number of carbonyl (C=O) groups excluding carboxylic acids is 2. The number of aromatic nitrogens is 1. The van der Waals surface area contributed by atoms with Crippen LogP contribution in [-0.2, 0) is 11.3 Å². The van der Waals surface area contributed by atoms with Gasteiger partial charge in [-0.15, -0.1) is 0 Å². The van der Waals surface area contributed by atoms with Crippen molar-refractivity contribution >= 4 is 28.5 Å². The predicted octanol–water partition coefficient (Wildman–Crippen LogP) is 3.68. The number of fused-ring (bicyclic) bond motifs is 1. The van der Waals surface area contributed by atoms with Crippen LogP contribution in [0.5, 0.6) is 0 Å². The van der Waals surface area contributed by atoms with Gasteiger partial charge in [0, 0.05) is 38.0 Å². The molecule has 0 radical (unpaired) electrons. The summed E-state index contributed by atoms with van der Waals surface area (Å²) in [4.78, 5) is 49.2. The largest absolute Gasteiger partial charge is 0.419 e. The van der Waals surface area contributed by atoms with Crippen LogP contribution in [0.25, 0.3) is 11.1 Å². The van der Waals surface area contributed by atoms with E-state index in [4.69, 9.17) is 4.42 Å². The number of nitro groups is 1. The second-order valence-electron chi connectivity index (χ2n) is 8.18. The number of oxazole rings is 1. The van der Waals surface area contributed by atoms with Crippen LogP contribution in [0.4, 0.5) is 14.5 Å². The number of ketones is 1. The number of piperidine rings is 1. The summed E-state index contributed by atoms with van der Waals surface area (Å²) in [6.45, 7) is 0.845. The van der Waals surface area contributed by atoms with E-state index in [0.717, 1.165) is 18.2 Å². The van der Waals surface area contributed by atoms with Crippen LogP contribution >= 0.6 is 0 Å². The van der Waals surface area contributed by atoms with Crippen LogP contribution < -0.4 is 5.76 Å². The second-order valence-corrected chi connectivity index (χ2v) is 8.18. The Labute approximate surface area is 191 Å². The molecule has 2 heterocycles. The van der Waals surface area contributed by atoms with E-state index in [1.807, 2.05) is 0 Å². The molecule has 0 aliphatic carbocycles. The molecule has 4 rings (SSSR count). The molecule has 1 aromatic heterocycles. The van der Waals surface area contributed by atoms with Crippen molar-refractivity contribution in [3.63, 3.8) is 0 Å². The number of carbonyl (C=O) groups is 2. The number of hydrogen-bond donors (Lipinski definition) is 0. The molecule has 0 spiro atoms. The van der Waals surface area contributed by atoms with E-state index in [0.29, 0.717) is 37.9 Å². The van der Waals surface area contributed by atoms with Crippen molar-refractivity contribution in [3.05, 3.63) is 74.3 Å². The lowest BCUT2D eigenvalue weighted by atomic mass is 9.88. The SMILES string of the molecule is O=C(c1cc(F)ccc1F)C1CCN(C(=O)CCCn2c(=O)oc3cc([N+](=O)[O-])ccc32)CC1. The van der Waals surface area contributed by atoms with Gasteiger partial charge in [0.2, 0.25) is 5.91 Å². The summed E-state index contributed by atoms with van der Waals surface area (Å²) in [5.41, 5.74) is 0.0532. The number of nitro benzene ring substituents is 1. The van der Waals surface area contributed by atoms with Crippen molar-refractivity contribution in [1.29, 1.82) is 0 Å². The molecule has 0 unspecified atom stereocenters. The fourth-order valence-corrected chi connectivity index (χ4v) is 4.22. The lowest BCUT2D eigenvalue weighted by Gasteiger charge is -2.31. The minimum Gasteiger partial charge on any atom is -0.407 e. The molecular formula is C23H21F2N3O6. The van der Waals surface area contributed by atoms with Crippen LogP contribution in [0.3, 0.4) is 0 Å². The van der Waals surface area contributed by atoms with E-state index in [1.165, 1.54) is 22.8 Å². The third-order valence-corrected chi connectivity index (χ3v) is 6.05. The maximum atomic E-state index is 13.9. The quantitative estimate of drug-likeness (QED) is 0.294. The minimum absolute atomic E-state index is 0.104. The molecule has 0 N–H and O–H groups in total. The number of rotatable bonds is 7. The summed E-state index contributed by atoms with van der Waals surface area (Å²) in [6, 6.07) is 6.67. The fraction of sp³-hybridized carbons (Fsp3) is 0.348. The molecule has 1 amide bonds. The van der Waals surface area contributed by atoms with Crippen molar-refractivity contribution in [1.82, 2.24) is 9.47 Å². The van der Waals surface area contributed by atoms with Crippen LogP contribution in [0.2, 0.25) is 0 Å². The number of benzene rings is 2. The van der Waals surface area contributed by atoms with Gasteiger partial charge in [-0.2, -0.15) is 0 Å². The van der Waals surface area contributed by atoms with E-state index in [9.17, 15) is 33.3 Å². The molecule has 178 valence electrons. The van der Waals surface area contributed by atoms with Crippen molar-refractivity contribution < 1.29 is 27.7 Å². The number of likely N-dealkylation sites (tertiary alicyclic amines) is 1. The Bertz CT molecular complexity index is 1320. The molecule has 1 saturated heterocycles. The van der Waals surface area contributed by atoms with Crippen molar-refractivity contribution in [2.24, 2.45) is 5.92 Å². The van der Waals surface area contributed by atoms with Crippen LogP contribution in [0, 0.1) is 27.7 Å². The van der Waals surface area contributed by atoms with Gasteiger partial charge >= 0.3 is 5.76 Å². The monoisotopic (exact) mass is 473 g/mol. The standard InChI is InChI=1S/C23H21F2N3O6/c24-15-3-5-18(25)17(12-15)22(30)14-7-10-26(11-8-14)21(29)2-1-9-27-19-6-4-16(28(32)33)13-20(19)34-23(27)31/h3-6,12-14H,1-2,7-11H2. The highest BCUT2D eigenvalue weighted by molar-refractivity contribution is 5.98. The van der Waals surface area contributed by atoms with Gasteiger partial charge in [0.25, 0.3) is 5.69 Å². The van der Waals surface area contributed by atoms with Crippen LogP contribution in [0.15, 0.2) is 45.6 Å². The Morgan fingerprint density at radius 3 is 2.56 bits per heavy atom. The predicted molar refractivity (Wildman–Crippen MR) is 116 cm³/mol. The summed E-state index contributed by atoms with van der Waals surface area (Å²) in [7, 11) is 0. The number of nitrogens with zero attached hydrogens (tertiary/aromatic N) is 3. The molecular weight excluding hydrogens is 452 g/mol. The highest BCUT2D eigenvalue weighted by atomic mass is 19.1. The summed E-state index contributed by atoms with van der Waals surface area (Å²) in [5.74, 6) is -3.19. The molecule has 3 aromatic rings. The normalized spacial score (nSPS) is 14.5. The van der Waals surface area contributed by atoms with Gasteiger partial charge in [-0.05, 0) is 43.5 Å². The molecule has 1 aliphatic rings. The Morgan fingerprint density at radius 2 is 1.85 bits per heavy atom. The van der Waals surface area contributed by atoms with Gasteiger partial charge in [0.15, 0.2) is 11.4 Å². The van der Waals surface area contributed by atoms with Gasteiger partial charge in [-0.25, -0.2) is 13.6 Å². The van der Waals surface area contributed by atoms with Gasteiger partial charge in [0.05, 0.1) is 22.1 Å². The topological polar surface area (TPSA) is 116 Å². The number of aryl methyl sites for hydroxylation is 1. The summed E-state index contributed by atoms with van der Waals surface area (Å²) in [5, 5.41) is 10.9. The molecule has 11 heteroatoms. The number of non-ortho nitro benzene ring substituents is 1. The molecule has 0 atom stereocenters. The smallest absolute Gasteiger partial charge is 0.407 e. The van der Waals surface area contributed by atoms with E-state index >= 15 is 0 Å². The van der Waals surface area contributed by atoms with Gasteiger partial charge in [-0.1, -0.05) is 0 Å². The minimum atomic E-state index is -0.762. The Hall–Kier alpha value is -3.89. The van der Waals surface area contributed by atoms with E-state index in [-0.39, 0.29) is 35.7 Å². The van der Waals surface area contributed by atoms with E-state index < -0.39 is 34.0 Å². The Morgan fingerprint density at radius 1 is 1.12 bits per heavy atom. The van der Waals surface area contributed by atoms with E-state index in [2.05, 4.69) is 0 Å². The molecule has 2 aromatic carbocycles. The van der Waals surface area contributed by atoms with Gasteiger partial charge in [-0.3, -0.25) is 24.3 Å². The van der Waals surface area contributed by atoms with Crippen LogP contribution in [-0.4, -0.2) is 39.2 Å². The van der Waals surface area contributed by atoms with Crippen LogP contribution in [0.1, 0.15) is 36.0 Å². The average Bonchev–Trinajstić information content (AvgIpc) is 3.14. The van der Waals surface area contributed by atoms with Gasteiger partial charge in [0.1, 0.15) is 11.6 Å². The average molecular weight is 473 g/mol. The lowest BCUT2D eigenvalue weighted by molar-refractivity contribution is -0.384. The molecule has 1 fully saturated rings. The number of Topliss-reactive ketones (excluding diaryl/α,β-unsaturated/α-hetero) is 1. The first kappa shape index (κ1) is 23.3. The highest BCUT2D eigenvalue weighted by Gasteiger charge is 2.29. The van der Waals surface area contributed by atoms with E-state index in [1.54, 1.807) is 4.90 Å². The third kappa shape index (κ3) is 4.73. The number of halogens is 2. The van der Waals surface area contributed by atoms with Crippen molar-refractivity contribution in [3.8, 4) is 0 Å². The summed E-state index contributed by atoms with van der Waals surface area (Å²) < 4.78 is 33.7. The molecule has 34 heavy (non-hydrogen) atoms. The number of amides is 1. The third-order valence-electron chi connectivity index (χ3n) is 6.05. The molecule has 1 aliphatic heterocycles. The molecule has 0 saturated carbocycles. The zero-order valence-corrected chi connectivity index (χ0v) is 18.0. The fourth-order valence-electron chi connectivity index (χ4n) is 4.22. The first-order valence-electron chi connectivity index (χ1n) is 10.8. The Kier molecular flexibility index (Phi) is 6.53. The molecule has 0 bridgehead atoms. The zero-order valence-electron chi connectivity index (χ0n) is 18.0. The maximum Gasteiger partial charge on any atom is 0.419 e. The first-order chi connectivity index (χ1) is 16.2. The van der Waals surface area contributed by atoms with Crippen molar-refractivity contribution in [2.75, 3.05) is 13.1 Å². The summed E-state index contributed by atoms with van der Waals surface area (Å²) in [6.07, 6.45) is 1.21. The molecule has 9 nitrogen and oxygen atoms in total. The second kappa shape index (κ2) is 9.54. The number of hydrogen-bond acceptors (Lipinski definition) is 6. The zero-order chi connectivity index (χ0) is 24.4. The van der Waals surface area contributed by atoms with Crippen molar-refractivity contribution in [2.45, 2.75) is 32.2 Å². The lowest BCUT2D eigenvalue weighted by Crippen LogP contribution is -2.40. The Balaban J connectivity index is 1.31. The first-order valence-corrected chi connectivity index (χ1v) is 10.8. The maximum absolute atomic E-state index is 13.9.